The lowest BCUT2D eigenvalue weighted by Gasteiger charge is -2.25. The third-order valence-corrected chi connectivity index (χ3v) is 3.98. The van der Waals surface area contributed by atoms with Gasteiger partial charge in [-0.05, 0) is 38.0 Å². The minimum Gasteiger partial charge on any atom is -0.478 e. The Morgan fingerprint density at radius 3 is 2.85 bits per heavy atom. The summed E-state index contributed by atoms with van der Waals surface area (Å²) in [6.45, 7) is 2.94. The van der Waals surface area contributed by atoms with Gasteiger partial charge in [0.05, 0.1) is 5.56 Å². The van der Waals surface area contributed by atoms with Crippen molar-refractivity contribution in [2.24, 2.45) is 0 Å². The van der Waals surface area contributed by atoms with Crippen molar-refractivity contribution in [3.63, 3.8) is 0 Å². The normalized spacial score (nSPS) is 15.8. The summed E-state index contributed by atoms with van der Waals surface area (Å²) in [5.74, 6) is -0.951. The van der Waals surface area contributed by atoms with E-state index < -0.39 is 5.97 Å². The first-order chi connectivity index (χ1) is 9.69. The Bertz CT molecular complexity index is 629. The van der Waals surface area contributed by atoms with Gasteiger partial charge in [-0.1, -0.05) is 12.8 Å². The Kier molecular flexibility index (Phi) is 3.34. The maximum Gasteiger partial charge on any atom is 0.335 e. The molecule has 1 fully saturated rings. The molecule has 0 atom stereocenters. The molecule has 20 heavy (non-hydrogen) atoms. The Morgan fingerprint density at radius 2 is 2.20 bits per heavy atom. The lowest BCUT2D eigenvalue weighted by Crippen LogP contribution is -2.33. The van der Waals surface area contributed by atoms with Crippen LogP contribution in [0.2, 0.25) is 0 Å². The molecule has 0 aliphatic heterocycles. The average Bonchev–Trinajstić information content (AvgIpc) is 3.07. The lowest BCUT2D eigenvalue weighted by atomic mass is 10.2. The molecule has 0 saturated heterocycles. The second-order valence-electron chi connectivity index (χ2n) is 5.21. The third kappa shape index (κ3) is 2.24. The van der Waals surface area contributed by atoms with Crippen molar-refractivity contribution in [3.8, 4) is 0 Å². The van der Waals surface area contributed by atoms with Crippen molar-refractivity contribution >= 4 is 23.1 Å². The van der Waals surface area contributed by atoms with Gasteiger partial charge in [-0.15, -0.1) is 0 Å². The van der Waals surface area contributed by atoms with Crippen molar-refractivity contribution < 1.29 is 14.3 Å². The minimum absolute atomic E-state index is 0.226. The third-order valence-electron chi connectivity index (χ3n) is 3.98. The van der Waals surface area contributed by atoms with Crippen molar-refractivity contribution in [2.75, 3.05) is 11.4 Å². The topological polar surface area (TPSA) is 66.6 Å². The molecule has 0 amide bonds. The highest BCUT2D eigenvalue weighted by Gasteiger charge is 2.25. The number of oxazole rings is 1. The molecule has 0 radical (unpaired) electrons. The predicted octanol–water partition coefficient (Wildman–Crippen LogP) is 3.29. The molecule has 5 nitrogen and oxygen atoms in total. The van der Waals surface area contributed by atoms with E-state index in [1.807, 2.05) is 0 Å². The fourth-order valence-electron chi connectivity index (χ4n) is 2.93. The summed E-state index contributed by atoms with van der Waals surface area (Å²) in [4.78, 5) is 17.7. The number of rotatable bonds is 4. The number of carbonyl (C=O) groups is 1. The van der Waals surface area contributed by atoms with Crippen LogP contribution in [-0.4, -0.2) is 28.6 Å². The predicted molar refractivity (Wildman–Crippen MR) is 76.2 cm³/mol. The van der Waals surface area contributed by atoms with Crippen LogP contribution in [0.3, 0.4) is 0 Å². The Labute approximate surface area is 117 Å². The maximum absolute atomic E-state index is 11.0. The summed E-state index contributed by atoms with van der Waals surface area (Å²) in [6, 6.07) is 5.90. The fourth-order valence-corrected chi connectivity index (χ4v) is 2.93. The molecule has 0 bridgehead atoms. The summed E-state index contributed by atoms with van der Waals surface area (Å²) in [7, 11) is 0. The van der Waals surface area contributed by atoms with Crippen LogP contribution in [0.1, 0.15) is 43.0 Å². The van der Waals surface area contributed by atoms with Crippen molar-refractivity contribution in [2.45, 2.75) is 38.6 Å². The Morgan fingerprint density at radius 1 is 1.45 bits per heavy atom. The van der Waals surface area contributed by atoms with Gasteiger partial charge in [-0.2, -0.15) is 4.98 Å². The molecule has 2 aromatic rings. The molecule has 3 rings (SSSR count). The molecular formula is C15H18N2O3. The van der Waals surface area contributed by atoms with Gasteiger partial charge in [-0.3, -0.25) is 0 Å². The Hall–Kier alpha value is -2.04. The van der Waals surface area contributed by atoms with E-state index >= 15 is 0 Å². The van der Waals surface area contributed by atoms with Gasteiger partial charge in [-0.25, -0.2) is 4.79 Å². The summed E-state index contributed by atoms with van der Waals surface area (Å²) in [5.41, 5.74) is 1.47. The number of benzene rings is 1. The fraction of sp³-hybridized carbons (Fsp3) is 0.467. The van der Waals surface area contributed by atoms with E-state index in [1.165, 1.54) is 31.7 Å². The first kappa shape index (κ1) is 13.0. The largest absolute Gasteiger partial charge is 0.478 e. The van der Waals surface area contributed by atoms with Crippen LogP contribution in [0, 0.1) is 0 Å². The second-order valence-corrected chi connectivity index (χ2v) is 5.21. The van der Waals surface area contributed by atoms with Crippen LogP contribution in [0.25, 0.3) is 11.1 Å². The highest BCUT2D eigenvalue weighted by molar-refractivity contribution is 5.92. The number of aromatic nitrogens is 1. The number of hydrogen-bond donors (Lipinski definition) is 1. The molecule has 1 aromatic heterocycles. The zero-order chi connectivity index (χ0) is 14.1. The van der Waals surface area contributed by atoms with Crippen LogP contribution in [0.4, 0.5) is 6.01 Å². The highest BCUT2D eigenvalue weighted by atomic mass is 16.4. The van der Waals surface area contributed by atoms with Crippen LogP contribution in [-0.2, 0) is 0 Å². The first-order valence-electron chi connectivity index (χ1n) is 7.09. The number of anilines is 1. The molecule has 0 unspecified atom stereocenters. The monoisotopic (exact) mass is 274 g/mol. The zero-order valence-corrected chi connectivity index (χ0v) is 11.5. The first-order valence-corrected chi connectivity index (χ1v) is 7.09. The van der Waals surface area contributed by atoms with E-state index in [0.717, 1.165) is 6.54 Å². The molecule has 0 spiro atoms. The number of carboxylic acid groups (broad SMARTS) is 1. The van der Waals surface area contributed by atoms with Gasteiger partial charge in [0.2, 0.25) is 0 Å². The van der Waals surface area contributed by atoms with E-state index in [1.54, 1.807) is 12.1 Å². The van der Waals surface area contributed by atoms with Crippen LogP contribution in [0.5, 0.6) is 0 Å². The smallest absolute Gasteiger partial charge is 0.335 e. The number of aromatic carboxylic acids is 1. The van der Waals surface area contributed by atoms with E-state index in [2.05, 4.69) is 16.8 Å². The van der Waals surface area contributed by atoms with Crippen molar-refractivity contribution in [3.05, 3.63) is 23.8 Å². The molecule has 1 aliphatic carbocycles. The number of fused-ring (bicyclic) bond motifs is 1. The molecule has 1 aromatic carbocycles. The van der Waals surface area contributed by atoms with Crippen LogP contribution >= 0.6 is 0 Å². The molecule has 5 heteroatoms. The summed E-state index contributed by atoms with van der Waals surface area (Å²) < 4.78 is 5.78. The van der Waals surface area contributed by atoms with Crippen molar-refractivity contribution in [1.82, 2.24) is 4.98 Å². The lowest BCUT2D eigenvalue weighted by molar-refractivity contribution is 0.0697. The maximum atomic E-state index is 11.0. The zero-order valence-electron chi connectivity index (χ0n) is 11.5. The van der Waals surface area contributed by atoms with E-state index in [4.69, 9.17) is 9.52 Å². The molecular weight excluding hydrogens is 256 g/mol. The summed E-state index contributed by atoms with van der Waals surface area (Å²) in [6.07, 6.45) is 4.86. The number of hydrogen-bond acceptors (Lipinski definition) is 4. The van der Waals surface area contributed by atoms with Crippen LogP contribution < -0.4 is 4.90 Å². The van der Waals surface area contributed by atoms with E-state index in [0.29, 0.717) is 23.2 Å². The molecule has 1 saturated carbocycles. The van der Waals surface area contributed by atoms with Gasteiger partial charge in [0.1, 0.15) is 5.52 Å². The van der Waals surface area contributed by atoms with Crippen molar-refractivity contribution in [1.29, 1.82) is 0 Å². The molecule has 1 heterocycles. The van der Waals surface area contributed by atoms with Gasteiger partial charge >= 0.3 is 5.97 Å². The summed E-state index contributed by atoms with van der Waals surface area (Å²) >= 11 is 0. The van der Waals surface area contributed by atoms with Gasteiger partial charge < -0.3 is 14.4 Å². The highest BCUT2D eigenvalue weighted by Crippen LogP contribution is 2.30. The standard InChI is InChI=1S/C15H18N2O3/c1-2-17(11-5-3-4-6-11)15-16-12-8-7-10(14(18)19)9-13(12)20-15/h7-9,11H,2-6H2,1H3,(H,18,19). The van der Waals surface area contributed by atoms with E-state index in [9.17, 15) is 4.79 Å². The van der Waals surface area contributed by atoms with Gasteiger partial charge in [0.15, 0.2) is 5.58 Å². The average molecular weight is 274 g/mol. The summed E-state index contributed by atoms with van der Waals surface area (Å²) in [5, 5.41) is 9.01. The quantitative estimate of drug-likeness (QED) is 0.926. The van der Waals surface area contributed by atoms with Gasteiger partial charge in [0.25, 0.3) is 6.01 Å². The number of nitrogens with zero attached hydrogens (tertiary/aromatic N) is 2. The Balaban J connectivity index is 1.96. The second kappa shape index (κ2) is 5.15. The molecule has 1 N–H and O–H groups in total. The van der Waals surface area contributed by atoms with Gasteiger partial charge in [0, 0.05) is 12.6 Å². The van der Waals surface area contributed by atoms with E-state index in [-0.39, 0.29) is 5.56 Å². The SMILES string of the molecule is CCN(c1nc2ccc(C(=O)O)cc2o1)C1CCCC1. The van der Waals surface area contributed by atoms with Crippen LogP contribution in [0.15, 0.2) is 22.6 Å². The number of carboxylic acids is 1. The molecule has 1 aliphatic rings. The molecule has 106 valence electrons. The minimum atomic E-state index is -0.951.